The molecule has 1 aromatic heterocycles. The Morgan fingerprint density at radius 2 is 2.00 bits per heavy atom. The Kier molecular flexibility index (Phi) is 5.17. The van der Waals surface area contributed by atoms with E-state index in [1.54, 1.807) is 6.21 Å². The third kappa shape index (κ3) is 4.43. The summed E-state index contributed by atoms with van der Waals surface area (Å²) in [6.45, 7) is 8.09. The summed E-state index contributed by atoms with van der Waals surface area (Å²) in [5.41, 5.74) is 5.01. The molecule has 0 saturated carbocycles. The maximum absolute atomic E-state index is 9.13. The lowest BCUT2D eigenvalue weighted by molar-refractivity contribution is 0.399. The van der Waals surface area contributed by atoms with Crippen molar-refractivity contribution < 1.29 is 4.42 Å². The smallest absolute Gasteiger partial charge is 0.252 e. The summed E-state index contributed by atoms with van der Waals surface area (Å²) >= 11 is 0. The third-order valence-corrected chi connectivity index (χ3v) is 3.27. The van der Waals surface area contributed by atoms with Crippen LogP contribution in [0, 0.1) is 11.3 Å². The van der Waals surface area contributed by atoms with Crippen LogP contribution in [0.2, 0.25) is 0 Å². The molecule has 0 amide bonds. The molecular formula is C18H22N4O. The predicted molar refractivity (Wildman–Crippen MR) is 91.6 cm³/mol. The molecule has 0 aliphatic heterocycles. The van der Waals surface area contributed by atoms with E-state index in [-0.39, 0.29) is 17.0 Å². The van der Waals surface area contributed by atoms with Gasteiger partial charge in [-0.15, -0.1) is 0 Å². The molecule has 2 rings (SSSR count). The van der Waals surface area contributed by atoms with Crippen molar-refractivity contribution in [3.63, 3.8) is 0 Å². The molecule has 0 bridgehead atoms. The maximum Gasteiger partial charge on any atom is 0.252 e. The molecule has 0 atom stereocenters. The van der Waals surface area contributed by atoms with E-state index in [0.29, 0.717) is 5.89 Å². The first-order valence-corrected chi connectivity index (χ1v) is 7.73. The van der Waals surface area contributed by atoms with Crippen LogP contribution in [-0.4, -0.2) is 11.2 Å². The molecule has 0 unspecified atom stereocenters. The van der Waals surface area contributed by atoms with Crippen LogP contribution in [0.4, 0.5) is 5.88 Å². The van der Waals surface area contributed by atoms with Gasteiger partial charge in [-0.2, -0.15) is 15.3 Å². The van der Waals surface area contributed by atoms with Gasteiger partial charge in [0, 0.05) is 5.41 Å². The number of nitrogens with one attached hydrogen (secondary N) is 1. The average Bonchev–Trinajstić information content (AvgIpc) is 2.93. The Balaban J connectivity index is 2.08. The van der Waals surface area contributed by atoms with Crippen molar-refractivity contribution in [2.24, 2.45) is 5.10 Å². The SMILES string of the molecule is CCCc1ccc(C=NNc2oc(C(C)(C)C)nc2C#N)cc1. The first-order valence-electron chi connectivity index (χ1n) is 7.73. The fourth-order valence-corrected chi connectivity index (χ4v) is 2.02. The summed E-state index contributed by atoms with van der Waals surface area (Å²) in [6, 6.07) is 10.2. The molecule has 23 heavy (non-hydrogen) atoms. The summed E-state index contributed by atoms with van der Waals surface area (Å²) in [6.07, 6.45) is 3.90. The number of hydrogen-bond acceptors (Lipinski definition) is 5. The highest BCUT2D eigenvalue weighted by Gasteiger charge is 2.23. The van der Waals surface area contributed by atoms with Crippen LogP contribution < -0.4 is 5.43 Å². The lowest BCUT2D eigenvalue weighted by Crippen LogP contribution is -2.11. The van der Waals surface area contributed by atoms with E-state index in [4.69, 9.17) is 9.68 Å². The highest BCUT2D eigenvalue weighted by atomic mass is 16.4. The lowest BCUT2D eigenvalue weighted by Gasteiger charge is -2.11. The molecule has 1 aromatic carbocycles. The quantitative estimate of drug-likeness (QED) is 0.662. The lowest BCUT2D eigenvalue weighted by atomic mass is 9.97. The van der Waals surface area contributed by atoms with Crippen molar-refractivity contribution in [1.29, 1.82) is 5.26 Å². The zero-order valence-corrected chi connectivity index (χ0v) is 14.1. The van der Waals surface area contributed by atoms with Gasteiger partial charge >= 0.3 is 0 Å². The minimum atomic E-state index is -0.260. The first-order chi connectivity index (χ1) is 10.9. The van der Waals surface area contributed by atoms with E-state index in [2.05, 4.69) is 34.6 Å². The van der Waals surface area contributed by atoms with Crippen molar-refractivity contribution in [1.82, 2.24) is 4.98 Å². The number of oxazole rings is 1. The van der Waals surface area contributed by atoms with Crippen LogP contribution >= 0.6 is 0 Å². The summed E-state index contributed by atoms with van der Waals surface area (Å²) < 4.78 is 5.60. The van der Waals surface area contributed by atoms with E-state index in [9.17, 15) is 0 Å². The normalized spacial score (nSPS) is 11.6. The summed E-state index contributed by atoms with van der Waals surface area (Å²) in [5, 5.41) is 13.3. The molecule has 5 heteroatoms. The van der Waals surface area contributed by atoms with Gasteiger partial charge in [-0.05, 0) is 17.5 Å². The minimum absolute atomic E-state index is 0.213. The Morgan fingerprint density at radius 1 is 1.30 bits per heavy atom. The van der Waals surface area contributed by atoms with E-state index in [1.807, 2.05) is 39.0 Å². The maximum atomic E-state index is 9.13. The number of hydrogen-bond donors (Lipinski definition) is 1. The second-order valence-electron chi connectivity index (χ2n) is 6.42. The molecule has 1 N–H and O–H groups in total. The second kappa shape index (κ2) is 7.10. The summed E-state index contributed by atoms with van der Waals surface area (Å²) in [7, 11) is 0. The zero-order valence-electron chi connectivity index (χ0n) is 14.1. The van der Waals surface area contributed by atoms with Crippen LogP contribution in [0.25, 0.3) is 0 Å². The number of nitrogens with zero attached hydrogens (tertiary/aromatic N) is 3. The average molecular weight is 310 g/mol. The Hall–Kier alpha value is -2.61. The zero-order chi connectivity index (χ0) is 16.9. The third-order valence-electron chi connectivity index (χ3n) is 3.27. The van der Waals surface area contributed by atoms with Crippen molar-refractivity contribution in [3.8, 4) is 6.07 Å². The second-order valence-corrected chi connectivity index (χ2v) is 6.42. The van der Waals surface area contributed by atoms with Gasteiger partial charge in [-0.25, -0.2) is 5.43 Å². The predicted octanol–water partition coefficient (Wildman–Crippen LogP) is 4.24. The van der Waals surface area contributed by atoms with Gasteiger partial charge in [0.2, 0.25) is 11.6 Å². The number of benzene rings is 1. The topological polar surface area (TPSA) is 74.2 Å². The molecule has 2 aromatic rings. The summed E-state index contributed by atoms with van der Waals surface area (Å²) in [5.74, 6) is 0.784. The van der Waals surface area contributed by atoms with E-state index < -0.39 is 0 Å². The number of aromatic nitrogens is 1. The molecule has 0 radical (unpaired) electrons. The van der Waals surface area contributed by atoms with Crippen LogP contribution in [0.3, 0.4) is 0 Å². The number of anilines is 1. The highest BCUT2D eigenvalue weighted by Crippen LogP contribution is 2.26. The Labute approximate surface area is 137 Å². The molecule has 0 spiro atoms. The highest BCUT2D eigenvalue weighted by molar-refractivity contribution is 5.80. The molecular weight excluding hydrogens is 288 g/mol. The van der Waals surface area contributed by atoms with Crippen molar-refractivity contribution in [2.45, 2.75) is 46.0 Å². The van der Waals surface area contributed by atoms with E-state index >= 15 is 0 Å². The van der Waals surface area contributed by atoms with Crippen LogP contribution in [-0.2, 0) is 11.8 Å². The van der Waals surface area contributed by atoms with Gasteiger partial charge in [0.1, 0.15) is 6.07 Å². The number of rotatable bonds is 5. The fraction of sp³-hybridized carbons (Fsp3) is 0.389. The fourth-order valence-electron chi connectivity index (χ4n) is 2.02. The van der Waals surface area contributed by atoms with Crippen LogP contribution in [0.15, 0.2) is 33.8 Å². The largest absolute Gasteiger partial charge is 0.421 e. The van der Waals surface area contributed by atoms with Crippen molar-refractivity contribution in [2.75, 3.05) is 5.43 Å². The van der Waals surface area contributed by atoms with E-state index in [0.717, 1.165) is 18.4 Å². The van der Waals surface area contributed by atoms with Crippen LogP contribution in [0.5, 0.6) is 0 Å². The molecule has 0 aliphatic carbocycles. The number of nitriles is 1. The van der Waals surface area contributed by atoms with Crippen molar-refractivity contribution in [3.05, 3.63) is 47.0 Å². The number of hydrazone groups is 1. The van der Waals surface area contributed by atoms with Gasteiger partial charge in [0.15, 0.2) is 0 Å². The molecule has 5 nitrogen and oxygen atoms in total. The number of aryl methyl sites for hydroxylation is 1. The van der Waals surface area contributed by atoms with Gasteiger partial charge in [0.25, 0.3) is 5.88 Å². The van der Waals surface area contributed by atoms with Gasteiger partial charge < -0.3 is 4.42 Å². The van der Waals surface area contributed by atoms with Gasteiger partial charge in [0.05, 0.1) is 6.21 Å². The minimum Gasteiger partial charge on any atom is -0.421 e. The van der Waals surface area contributed by atoms with E-state index in [1.165, 1.54) is 5.56 Å². The van der Waals surface area contributed by atoms with Crippen LogP contribution in [0.1, 0.15) is 56.8 Å². The molecule has 1 heterocycles. The molecule has 0 aliphatic rings. The monoisotopic (exact) mass is 310 g/mol. The first kappa shape index (κ1) is 16.8. The molecule has 0 saturated heterocycles. The Morgan fingerprint density at radius 3 is 2.57 bits per heavy atom. The van der Waals surface area contributed by atoms with Gasteiger partial charge in [-0.3, -0.25) is 0 Å². The summed E-state index contributed by atoms with van der Waals surface area (Å²) in [4.78, 5) is 4.19. The molecule has 0 fully saturated rings. The molecule has 120 valence electrons. The van der Waals surface area contributed by atoms with Crippen molar-refractivity contribution >= 4 is 12.1 Å². The standard InChI is InChI=1S/C18H22N4O/c1-5-6-13-7-9-14(10-8-13)12-20-22-16-15(11-19)21-17(23-16)18(2,3)4/h7-10,12,22H,5-6H2,1-4H3. The van der Waals surface area contributed by atoms with Gasteiger partial charge in [-0.1, -0.05) is 58.4 Å². The Bertz CT molecular complexity index is 715.